The first-order valence-electron chi connectivity index (χ1n) is 12.5. The van der Waals surface area contributed by atoms with Crippen molar-refractivity contribution in [2.75, 3.05) is 6.61 Å². The van der Waals surface area contributed by atoms with Gasteiger partial charge in [-0.3, -0.25) is 0 Å². The molecule has 3 nitrogen and oxygen atoms in total. The Morgan fingerprint density at radius 3 is 2.73 bits per heavy atom. The lowest BCUT2D eigenvalue weighted by Crippen LogP contribution is -2.37. The van der Waals surface area contributed by atoms with Crippen LogP contribution in [0.4, 0.5) is 4.39 Å². The van der Waals surface area contributed by atoms with Crippen molar-refractivity contribution in [3.8, 4) is 0 Å². The van der Waals surface area contributed by atoms with Gasteiger partial charge in [-0.2, -0.15) is 0 Å². The lowest BCUT2D eigenvalue weighted by atomic mass is 9.61. The van der Waals surface area contributed by atoms with Crippen LogP contribution in [-0.4, -0.2) is 29.0 Å². The van der Waals surface area contributed by atoms with Crippen molar-refractivity contribution in [2.45, 2.75) is 77.6 Å². The smallest absolute Gasteiger partial charge is 0.123 e. The molecule has 0 unspecified atom stereocenters. The summed E-state index contributed by atoms with van der Waals surface area (Å²) < 4.78 is 19.2. The highest BCUT2D eigenvalue weighted by Gasteiger charge is 2.50. The number of ether oxygens (including phenoxy) is 1. The van der Waals surface area contributed by atoms with Crippen LogP contribution < -0.4 is 0 Å². The van der Waals surface area contributed by atoms with Crippen LogP contribution in [0.5, 0.6) is 0 Å². The Balaban J connectivity index is 1.40. The van der Waals surface area contributed by atoms with E-state index in [0.29, 0.717) is 37.2 Å². The molecule has 0 amide bonds. The van der Waals surface area contributed by atoms with Crippen LogP contribution in [0.1, 0.15) is 64.4 Å². The van der Waals surface area contributed by atoms with Crippen molar-refractivity contribution < 1.29 is 19.3 Å². The molecule has 3 aliphatic carbocycles. The molecular formula is C29H39FO3. The van der Waals surface area contributed by atoms with E-state index < -0.39 is 12.2 Å². The van der Waals surface area contributed by atoms with E-state index in [4.69, 9.17) is 4.74 Å². The van der Waals surface area contributed by atoms with Gasteiger partial charge in [-0.05, 0) is 90.5 Å². The van der Waals surface area contributed by atoms with E-state index in [1.165, 1.54) is 43.4 Å². The highest BCUT2D eigenvalue weighted by Crippen LogP contribution is 2.59. The number of aliphatic hydroxyl groups is 2. The topological polar surface area (TPSA) is 49.7 Å². The van der Waals surface area contributed by atoms with Crippen LogP contribution in [0.3, 0.4) is 0 Å². The molecule has 0 radical (unpaired) electrons. The molecule has 0 saturated heterocycles. The van der Waals surface area contributed by atoms with Crippen molar-refractivity contribution in [3.05, 3.63) is 71.1 Å². The largest absolute Gasteiger partial charge is 0.393 e. The lowest BCUT2D eigenvalue weighted by molar-refractivity contribution is 0.0277. The number of benzene rings is 1. The third-order valence-electron chi connectivity index (χ3n) is 8.55. The summed E-state index contributed by atoms with van der Waals surface area (Å²) in [5.41, 5.74) is 4.55. The van der Waals surface area contributed by atoms with E-state index in [-0.39, 0.29) is 11.2 Å². The fourth-order valence-corrected chi connectivity index (χ4v) is 6.74. The predicted molar refractivity (Wildman–Crippen MR) is 130 cm³/mol. The maximum atomic E-state index is 13.1. The summed E-state index contributed by atoms with van der Waals surface area (Å²) in [4.78, 5) is 0. The van der Waals surface area contributed by atoms with E-state index in [9.17, 15) is 14.6 Å². The lowest BCUT2D eigenvalue weighted by Gasteiger charge is -2.44. The minimum absolute atomic E-state index is 0.214. The molecule has 1 aromatic rings. The molecule has 1 aromatic carbocycles. The second kappa shape index (κ2) is 10.2. The molecule has 180 valence electrons. The fourth-order valence-electron chi connectivity index (χ4n) is 6.74. The number of allylic oxidation sites excluding steroid dienone is 3. The van der Waals surface area contributed by atoms with Gasteiger partial charge in [0.25, 0.3) is 0 Å². The first-order valence-corrected chi connectivity index (χ1v) is 12.5. The van der Waals surface area contributed by atoms with Gasteiger partial charge in [-0.15, -0.1) is 0 Å². The minimum Gasteiger partial charge on any atom is -0.393 e. The van der Waals surface area contributed by atoms with Crippen LogP contribution in [0.2, 0.25) is 0 Å². The summed E-state index contributed by atoms with van der Waals surface area (Å²) in [5.74, 6) is 1.47. The molecule has 4 rings (SSSR count). The maximum Gasteiger partial charge on any atom is 0.123 e. The summed E-state index contributed by atoms with van der Waals surface area (Å²) in [6.45, 7) is 10.1. The Morgan fingerprint density at radius 2 is 1.97 bits per heavy atom. The van der Waals surface area contributed by atoms with Gasteiger partial charge in [0.05, 0.1) is 18.8 Å². The molecule has 2 N–H and O–H groups in total. The van der Waals surface area contributed by atoms with Gasteiger partial charge >= 0.3 is 0 Å². The third-order valence-corrected chi connectivity index (χ3v) is 8.55. The Hall–Kier alpha value is -1.75. The second-order valence-corrected chi connectivity index (χ2v) is 10.8. The second-order valence-electron chi connectivity index (χ2n) is 10.8. The van der Waals surface area contributed by atoms with Crippen molar-refractivity contribution in [1.29, 1.82) is 0 Å². The van der Waals surface area contributed by atoms with Gasteiger partial charge in [0.15, 0.2) is 0 Å². The van der Waals surface area contributed by atoms with Crippen molar-refractivity contribution >= 4 is 0 Å². The summed E-state index contributed by atoms with van der Waals surface area (Å²) in [6, 6.07) is 6.55. The maximum absolute atomic E-state index is 13.1. The first kappa shape index (κ1) is 24.4. The summed E-state index contributed by atoms with van der Waals surface area (Å²) in [5, 5.41) is 20.2. The van der Waals surface area contributed by atoms with Gasteiger partial charge in [0, 0.05) is 13.0 Å². The Morgan fingerprint density at radius 1 is 1.21 bits per heavy atom. The van der Waals surface area contributed by atoms with E-state index in [2.05, 4.69) is 32.6 Å². The molecule has 3 fully saturated rings. The van der Waals surface area contributed by atoms with Crippen LogP contribution in [0.25, 0.3) is 0 Å². The van der Waals surface area contributed by atoms with E-state index >= 15 is 0 Å². The number of rotatable bonds is 6. The molecule has 0 heterocycles. The monoisotopic (exact) mass is 454 g/mol. The first-order chi connectivity index (χ1) is 15.8. The highest BCUT2D eigenvalue weighted by atomic mass is 19.1. The summed E-state index contributed by atoms with van der Waals surface area (Å²) in [6.07, 6.45) is 10.2. The van der Waals surface area contributed by atoms with Crippen LogP contribution in [0.15, 0.2) is 59.7 Å². The predicted octanol–water partition coefficient (Wildman–Crippen LogP) is 6.12. The Bertz CT molecular complexity index is 902. The van der Waals surface area contributed by atoms with Gasteiger partial charge in [-0.1, -0.05) is 50.3 Å². The zero-order valence-electron chi connectivity index (χ0n) is 20.1. The number of aliphatic hydroxyl groups excluding tert-OH is 2. The standard InChI is InChI=1S/C29H39FO3/c1-19(17-33-18-21-6-10-24(30)11-7-21)26-12-13-27-22(5-4-14-29(26,27)3)8-9-23-15-25(31)16-28(32)20(23)2/h6-11,19,25-28,31-32H,2,4-5,12-18H2,1,3H3/b22-8+,23-9-/t19-,25-,26-,27+,28+,29-/m1/s1. The SMILES string of the molecule is C=C1/C(=C\C=C2/CCC[C@]3(C)[C@@H]([C@H](C)COCc4ccc(F)cc4)CC[C@@H]23)C[C@@H](O)C[C@@H]1O. The molecule has 0 bridgehead atoms. The van der Waals surface area contributed by atoms with E-state index in [0.717, 1.165) is 29.7 Å². The van der Waals surface area contributed by atoms with E-state index in [1.54, 1.807) is 12.1 Å². The highest BCUT2D eigenvalue weighted by molar-refractivity contribution is 5.38. The molecule has 33 heavy (non-hydrogen) atoms. The molecule has 4 heteroatoms. The fraction of sp³-hybridized carbons (Fsp3) is 0.586. The summed E-state index contributed by atoms with van der Waals surface area (Å²) in [7, 11) is 0. The van der Waals surface area contributed by atoms with E-state index in [1.807, 2.05) is 0 Å². The zero-order valence-corrected chi connectivity index (χ0v) is 20.1. The van der Waals surface area contributed by atoms with Crippen LogP contribution in [-0.2, 0) is 11.3 Å². The summed E-state index contributed by atoms with van der Waals surface area (Å²) >= 11 is 0. The Kier molecular flexibility index (Phi) is 7.57. The molecule has 3 saturated carbocycles. The number of halogens is 1. The third kappa shape index (κ3) is 5.34. The quantitative estimate of drug-likeness (QED) is 0.544. The zero-order chi connectivity index (χ0) is 23.6. The number of hydrogen-bond donors (Lipinski definition) is 2. The van der Waals surface area contributed by atoms with Gasteiger partial charge < -0.3 is 14.9 Å². The normalized spacial score (nSPS) is 35.7. The van der Waals surface area contributed by atoms with Crippen molar-refractivity contribution in [3.63, 3.8) is 0 Å². The molecule has 0 aliphatic heterocycles. The average Bonchev–Trinajstić information content (AvgIpc) is 3.14. The number of fused-ring (bicyclic) bond motifs is 1. The van der Waals surface area contributed by atoms with Crippen LogP contribution >= 0.6 is 0 Å². The van der Waals surface area contributed by atoms with Gasteiger partial charge in [0.2, 0.25) is 0 Å². The molecular weight excluding hydrogens is 415 g/mol. The molecule has 6 atom stereocenters. The minimum atomic E-state index is -0.637. The Labute approximate surface area is 198 Å². The van der Waals surface area contributed by atoms with Gasteiger partial charge in [0.1, 0.15) is 5.82 Å². The number of hydrogen-bond acceptors (Lipinski definition) is 3. The average molecular weight is 455 g/mol. The van der Waals surface area contributed by atoms with Gasteiger partial charge in [-0.25, -0.2) is 4.39 Å². The van der Waals surface area contributed by atoms with Crippen molar-refractivity contribution in [2.24, 2.45) is 23.2 Å². The van der Waals surface area contributed by atoms with Crippen molar-refractivity contribution in [1.82, 2.24) is 0 Å². The molecule has 0 aromatic heterocycles. The van der Waals surface area contributed by atoms with Crippen LogP contribution in [0, 0.1) is 29.0 Å². The molecule has 0 spiro atoms. The molecule has 3 aliphatic rings.